The molecule has 0 bridgehead atoms. The fourth-order valence-electron chi connectivity index (χ4n) is 3.30. The summed E-state index contributed by atoms with van der Waals surface area (Å²) in [5.41, 5.74) is 2.32. The predicted octanol–water partition coefficient (Wildman–Crippen LogP) is 1.79. The average Bonchev–Trinajstić information content (AvgIpc) is 3.05. The smallest absolute Gasteiger partial charge is 0.326 e. The van der Waals surface area contributed by atoms with Gasteiger partial charge in [0.2, 0.25) is 5.91 Å². The monoisotopic (exact) mass is 259 g/mol. The summed E-state index contributed by atoms with van der Waals surface area (Å²) in [6, 6.07) is 7.36. The highest BCUT2D eigenvalue weighted by Gasteiger charge is 2.39. The van der Waals surface area contributed by atoms with Crippen molar-refractivity contribution in [2.75, 3.05) is 6.54 Å². The van der Waals surface area contributed by atoms with E-state index in [2.05, 4.69) is 6.07 Å². The molecule has 1 aliphatic carbocycles. The van der Waals surface area contributed by atoms with Crippen molar-refractivity contribution in [2.45, 2.75) is 37.6 Å². The van der Waals surface area contributed by atoms with E-state index in [0.717, 1.165) is 24.8 Å². The molecular weight excluding hydrogens is 242 g/mol. The van der Waals surface area contributed by atoms with Gasteiger partial charge in [-0.3, -0.25) is 4.79 Å². The van der Waals surface area contributed by atoms with Gasteiger partial charge < -0.3 is 10.0 Å². The zero-order valence-corrected chi connectivity index (χ0v) is 10.7. The molecule has 2 aliphatic rings. The van der Waals surface area contributed by atoms with Crippen LogP contribution in [0.5, 0.6) is 0 Å². The first-order chi connectivity index (χ1) is 9.18. The maximum absolute atomic E-state index is 12.6. The fraction of sp³-hybridized carbons (Fsp3) is 0.467. The number of hydrogen-bond acceptors (Lipinski definition) is 2. The number of rotatable bonds is 2. The molecule has 1 saturated heterocycles. The van der Waals surface area contributed by atoms with Crippen molar-refractivity contribution in [1.29, 1.82) is 0 Å². The molecule has 1 aromatic rings. The Kier molecular flexibility index (Phi) is 3.01. The van der Waals surface area contributed by atoms with Gasteiger partial charge in [-0.15, -0.1) is 0 Å². The molecule has 1 amide bonds. The lowest BCUT2D eigenvalue weighted by Gasteiger charge is -2.25. The van der Waals surface area contributed by atoms with Crippen LogP contribution in [-0.2, 0) is 16.0 Å². The molecule has 0 saturated carbocycles. The minimum Gasteiger partial charge on any atom is -0.480 e. The number of hydrogen-bond donors (Lipinski definition) is 1. The van der Waals surface area contributed by atoms with Crippen molar-refractivity contribution in [3.63, 3.8) is 0 Å². The fourth-order valence-corrected chi connectivity index (χ4v) is 3.30. The van der Waals surface area contributed by atoms with E-state index < -0.39 is 12.0 Å². The Morgan fingerprint density at radius 1 is 1.21 bits per heavy atom. The number of benzene rings is 1. The van der Waals surface area contributed by atoms with E-state index in [0.29, 0.717) is 13.0 Å². The third kappa shape index (κ3) is 2.01. The number of carbonyl (C=O) groups excluding carboxylic acids is 1. The third-order valence-electron chi connectivity index (χ3n) is 4.25. The maximum Gasteiger partial charge on any atom is 0.326 e. The number of carbonyl (C=O) groups is 2. The van der Waals surface area contributed by atoms with Gasteiger partial charge in [0.15, 0.2) is 0 Å². The lowest BCUT2D eigenvalue weighted by molar-refractivity contribution is -0.148. The number of amides is 1. The van der Waals surface area contributed by atoms with Crippen LogP contribution >= 0.6 is 0 Å². The number of carboxylic acids is 1. The molecule has 4 heteroatoms. The highest BCUT2D eigenvalue weighted by atomic mass is 16.4. The van der Waals surface area contributed by atoms with E-state index in [9.17, 15) is 14.7 Å². The molecular formula is C15H17NO3. The Labute approximate surface area is 112 Å². The van der Waals surface area contributed by atoms with Gasteiger partial charge in [0.1, 0.15) is 6.04 Å². The van der Waals surface area contributed by atoms with Crippen LogP contribution in [0.15, 0.2) is 24.3 Å². The number of aliphatic carboxylic acids is 1. The van der Waals surface area contributed by atoms with Gasteiger partial charge in [0, 0.05) is 6.54 Å². The van der Waals surface area contributed by atoms with Crippen molar-refractivity contribution < 1.29 is 14.7 Å². The van der Waals surface area contributed by atoms with E-state index >= 15 is 0 Å². The Hall–Kier alpha value is -1.84. The number of likely N-dealkylation sites (tertiary alicyclic amines) is 1. The van der Waals surface area contributed by atoms with Crippen molar-refractivity contribution in [3.8, 4) is 0 Å². The molecule has 3 rings (SSSR count). The lowest BCUT2D eigenvalue weighted by atomic mass is 9.99. The Morgan fingerprint density at radius 3 is 2.79 bits per heavy atom. The minimum absolute atomic E-state index is 0.00477. The zero-order chi connectivity index (χ0) is 13.4. The molecule has 0 spiro atoms. The van der Waals surface area contributed by atoms with Crippen molar-refractivity contribution in [1.82, 2.24) is 4.90 Å². The molecule has 19 heavy (non-hydrogen) atoms. The Morgan fingerprint density at radius 2 is 2.00 bits per heavy atom. The molecule has 4 nitrogen and oxygen atoms in total. The summed E-state index contributed by atoms with van der Waals surface area (Å²) in [6.07, 6.45) is 3.09. The summed E-state index contributed by atoms with van der Waals surface area (Å²) in [5, 5.41) is 9.18. The van der Waals surface area contributed by atoms with E-state index in [-0.39, 0.29) is 11.8 Å². The standard InChI is InChI=1S/C15H17NO3/c17-14(16-9-3-6-13(16)15(18)19)12-8-7-10-4-1-2-5-11(10)12/h1-2,4-5,12-13H,3,6-9H2,(H,18,19)/t12?,13-/m0/s1. The Bertz CT molecular complexity index is 526. The van der Waals surface area contributed by atoms with Crippen molar-refractivity contribution >= 4 is 11.9 Å². The summed E-state index contributed by atoms with van der Waals surface area (Å²) < 4.78 is 0. The predicted molar refractivity (Wildman–Crippen MR) is 69.9 cm³/mol. The van der Waals surface area contributed by atoms with E-state index in [1.54, 1.807) is 4.90 Å². The molecule has 1 fully saturated rings. The summed E-state index contributed by atoms with van der Waals surface area (Å²) in [5.74, 6) is -1.02. The third-order valence-corrected chi connectivity index (χ3v) is 4.25. The largest absolute Gasteiger partial charge is 0.480 e. The lowest BCUT2D eigenvalue weighted by Crippen LogP contribution is -2.42. The minimum atomic E-state index is -0.878. The van der Waals surface area contributed by atoms with Crippen LogP contribution in [0.1, 0.15) is 36.3 Å². The van der Waals surface area contributed by atoms with Gasteiger partial charge >= 0.3 is 5.97 Å². The van der Waals surface area contributed by atoms with Gasteiger partial charge in [-0.05, 0) is 36.8 Å². The molecule has 1 N–H and O–H groups in total. The summed E-state index contributed by atoms with van der Waals surface area (Å²) in [4.78, 5) is 25.3. The van der Waals surface area contributed by atoms with Crippen molar-refractivity contribution in [2.24, 2.45) is 0 Å². The SMILES string of the molecule is O=C(O)[C@@H]1CCCN1C(=O)C1CCc2ccccc21. The molecule has 1 unspecified atom stereocenters. The summed E-state index contributed by atoms with van der Waals surface area (Å²) in [6.45, 7) is 0.578. The summed E-state index contributed by atoms with van der Waals surface area (Å²) >= 11 is 0. The maximum atomic E-state index is 12.6. The van der Waals surface area contributed by atoms with Crippen LogP contribution in [0, 0.1) is 0 Å². The van der Waals surface area contributed by atoms with Gasteiger partial charge in [-0.2, -0.15) is 0 Å². The second-order valence-corrected chi connectivity index (χ2v) is 5.32. The highest BCUT2D eigenvalue weighted by molar-refractivity contribution is 5.89. The van der Waals surface area contributed by atoms with Crippen LogP contribution in [0.4, 0.5) is 0 Å². The van der Waals surface area contributed by atoms with E-state index in [1.807, 2.05) is 18.2 Å². The number of aryl methyl sites for hydroxylation is 1. The molecule has 100 valence electrons. The average molecular weight is 259 g/mol. The van der Waals surface area contributed by atoms with Crippen LogP contribution in [0.3, 0.4) is 0 Å². The van der Waals surface area contributed by atoms with Crippen LogP contribution < -0.4 is 0 Å². The van der Waals surface area contributed by atoms with Gasteiger partial charge in [-0.1, -0.05) is 24.3 Å². The molecule has 0 radical (unpaired) electrons. The zero-order valence-electron chi connectivity index (χ0n) is 10.7. The van der Waals surface area contributed by atoms with Gasteiger partial charge in [0.05, 0.1) is 5.92 Å². The molecule has 2 atom stereocenters. The second-order valence-electron chi connectivity index (χ2n) is 5.32. The topological polar surface area (TPSA) is 57.6 Å². The molecule has 1 aromatic carbocycles. The van der Waals surface area contributed by atoms with Crippen LogP contribution in [0.25, 0.3) is 0 Å². The first-order valence-electron chi connectivity index (χ1n) is 6.79. The number of fused-ring (bicyclic) bond motifs is 1. The normalized spacial score (nSPS) is 25.4. The first-order valence-corrected chi connectivity index (χ1v) is 6.79. The summed E-state index contributed by atoms with van der Waals surface area (Å²) in [7, 11) is 0. The van der Waals surface area contributed by atoms with E-state index in [1.165, 1.54) is 5.56 Å². The molecule has 1 aliphatic heterocycles. The van der Waals surface area contributed by atoms with E-state index in [4.69, 9.17) is 0 Å². The van der Waals surface area contributed by atoms with Gasteiger partial charge in [0.25, 0.3) is 0 Å². The highest BCUT2D eigenvalue weighted by Crippen LogP contribution is 2.35. The van der Waals surface area contributed by atoms with Crippen LogP contribution in [-0.4, -0.2) is 34.5 Å². The first kappa shape index (κ1) is 12.2. The Balaban J connectivity index is 1.84. The van der Waals surface area contributed by atoms with Crippen molar-refractivity contribution in [3.05, 3.63) is 35.4 Å². The number of nitrogens with zero attached hydrogens (tertiary/aromatic N) is 1. The van der Waals surface area contributed by atoms with Crippen LogP contribution in [0.2, 0.25) is 0 Å². The number of carboxylic acid groups (broad SMARTS) is 1. The van der Waals surface area contributed by atoms with Gasteiger partial charge in [-0.25, -0.2) is 4.79 Å². The quantitative estimate of drug-likeness (QED) is 0.881. The second kappa shape index (κ2) is 4.68. The molecule has 1 heterocycles. The molecule has 0 aromatic heterocycles.